The molecule has 31 heavy (non-hydrogen) atoms. The van der Waals surface area contributed by atoms with Crippen molar-refractivity contribution in [3.05, 3.63) is 59.7 Å². The topological polar surface area (TPSA) is 54.5 Å². The Hall–Kier alpha value is -2.61. The largest absolute Gasteiger partial charge is 0.454 e. The third kappa shape index (κ3) is 4.54. The second-order valence-corrected chi connectivity index (χ2v) is 8.25. The fourth-order valence-electron chi connectivity index (χ4n) is 4.58. The Morgan fingerprint density at radius 1 is 0.871 bits per heavy atom. The second-order valence-electron chi connectivity index (χ2n) is 8.25. The number of carbonyl (C=O) groups is 1. The zero-order valence-corrected chi connectivity index (χ0v) is 17.7. The van der Waals surface area contributed by atoms with Gasteiger partial charge in [0, 0.05) is 45.8 Å². The predicted octanol–water partition coefficient (Wildman–Crippen LogP) is 2.13. The Morgan fingerprint density at radius 2 is 1.61 bits per heavy atom. The van der Waals surface area contributed by atoms with Crippen LogP contribution in [-0.4, -0.2) is 79.9 Å². The average Bonchev–Trinajstić information content (AvgIpc) is 3.30. The Morgan fingerprint density at radius 3 is 2.39 bits per heavy atom. The molecule has 0 bridgehead atoms. The molecule has 0 N–H and O–H groups in total. The Kier molecular flexibility index (Phi) is 6.06. The highest BCUT2D eigenvalue weighted by Gasteiger charge is 2.34. The molecular formula is C24H29N3O4. The van der Waals surface area contributed by atoms with Crippen LogP contribution in [0.3, 0.4) is 0 Å². The van der Waals surface area contributed by atoms with Crippen LogP contribution in [0.1, 0.15) is 17.2 Å². The van der Waals surface area contributed by atoms with E-state index in [1.54, 1.807) is 0 Å². The molecule has 5 rings (SSSR count). The van der Waals surface area contributed by atoms with Crippen LogP contribution in [0, 0.1) is 0 Å². The number of rotatable bonds is 5. The number of hydrogen-bond donors (Lipinski definition) is 0. The molecule has 3 aliphatic heterocycles. The first-order valence-corrected chi connectivity index (χ1v) is 11.0. The molecule has 3 aliphatic rings. The van der Waals surface area contributed by atoms with E-state index in [-0.39, 0.29) is 11.9 Å². The number of ether oxygens (including phenoxy) is 3. The van der Waals surface area contributed by atoms with Gasteiger partial charge in [-0.1, -0.05) is 36.4 Å². The fourth-order valence-corrected chi connectivity index (χ4v) is 4.58. The maximum atomic E-state index is 13.5. The molecule has 2 saturated heterocycles. The number of carbonyl (C=O) groups excluding carboxylic acids is 1. The number of piperazine rings is 1. The summed E-state index contributed by atoms with van der Waals surface area (Å²) >= 11 is 0. The molecule has 1 atom stereocenters. The lowest BCUT2D eigenvalue weighted by Crippen LogP contribution is -2.52. The SMILES string of the molecule is O=C([C@H](c1ccccc1)N1CCN(Cc2ccc3c(c2)OCO3)CC1)N1CCOCC1. The third-order valence-electron chi connectivity index (χ3n) is 6.29. The fraction of sp³-hybridized carbons (Fsp3) is 0.458. The average molecular weight is 424 g/mol. The maximum absolute atomic E-state index is 13.5. The van der Waals surface area contributed by atoms with E-state index in [1.807, 2.05) is 29.2 Å². The molecule has 0 aliphatic carbocycles. The molecule has 2 aromatic carbocycles. The van der Waals surface area contributed by atoms with Crippen molar-refractivity contribution in [3.63, 3.8) is 0 Å². The zero-order valence-electron chi connectivity index (χ0n) is 17.7. The van der Waals surface area contributed by atoms with Crippen molar-refractivity contribution in [2.24, 2.45) is 0 Å². The van der Waals surface area contributed by atoms with Crippen molar-refractivity contribution in [1.82, 2.24) is 14.7 Å². The van der Waals surface area contributed by atoms with E-state index >= 15 is 0 Å². The Bertz CT molecular complexity index is 893. The van der Waals surface area contributed by atoms with Crippen LogP contribution in [-0.2, 0) is 16.1 Å². The van der Waals surface area contributed by atoms with Gasteiger partial charge in [0.15, 0.2) is 11.5 Å². The lowest BCUT2D eigenvalue weighted by Gasteiger charge is -2.41. The second kappa shape index (κ2) is 9.26. The summed E-state index contributed by atoms with van der Waals surface area (Å²) in [6.07, 6.45) is 0. The van der Waals surface area contributed by atoms with Gasteiger partial charge >= 0.3 is 0 Å². The first-order valence-electron chi connectivity index (χ1n) is 11.0. The normalized spacial score (nSPS) is 20.6. The highest BCUT2D eigenvalue weighted by Crippen LogP contribution is 2.33. The first kappa shape index (κ1) is 20.3. The van der Waals surface area contributed by atoms with Gasteiger partial charge in [0.25, 0.3) is 0 Å². The third-order valence-corrected chi connectivity index (χ3v) is 6.29. The van der Waals surface area contributed by atoms with Gasteiger partial charge in [0.1, 0.15) is 6.04 Å². The molecule has 3 heterocycles. The number of nitrogens with zero attached hydrogens (tertiary/aromatic N) is 3. The van der Waals surface area contributed by atoms with E-state index < -0.39 is 0 Å². The summed E-state index contributed by atoms with van der Waals surface area (Å²) < 4.78 is 16.4. The Balaban J connectivity index is 1.25. The van der Waals surface area contributed by atoms with Crippen LogP contribution in [0.4, 0.5) is 0 Å². The van der Waals surface area contributed by atoms with Crippen molar-refractivity contribution in [2.45, 2.75) is 12.6 Å². The molecule has 7 nitrogen and oxygen atoms in total. The van der Waals surface area contributed by atoms with E-state index in [0.717, 1.165) is 49.8 Å². The van der Waals surface area contributed by atoms with Gasteiger partial charge in [-0.2, -0.15) is 0 Å². The highest BCUT2D eigenvalue weighted by atomic mass is 16.7. The maximum Gasteiger partial charge on any atom is 0.244 e. The van der Waals surface area contributed by atoms with Gasteiger partial charge in [-0.3, -0.25) is 14.6 Å². The number of hydrogen-bond acceptors (Lipinski definition) is 6. The molecule has 164 valence electrons. The van der Waals surface area contributed by atoms with Crippen LogP contribution in [0.15, 0.2) is 48.5 Å². The van der Waals surface area contributed by atoms with Crippen LogP contribution in [0.5, 0.6) is 11.5 Å². The summed E-state index contributed by atoms with van der Waals surface area (Å²) in [5, 5.41) is 0. The number of benzene rings is 2. The summed E-state index contributed by atoms with van der Waals surface area (Å²) in [6, 6.07) is 16.1. The minimum absolute atomic E-state index is 0.193. The van der Waals surface area contributed by atoms with Crippen molar-refractivity contribution in [3.8, 4) is 11.5 Å². The first-order chi connectivity index (χ1) is 15.3. The van der Waals surface area contributed by atoms with E-state index in [9.17, 15) is 4.79 Å². The van der Waals surface area contributed by atoms with E-state index in [0.29, 0.717) is 33.1 Å². The molecule has 0 spiro atoms. The van der Waals surface area contributed by atoms with Crippen molar-refractivity contribution in [1.29, 1.82) is 0 Å². The molecule has 7 heteroatoms. The molecule has 0 saturated carbocycles. The number of fused-ring (bicyclic) bond motifs is 1. The molecule has 0 unspecified atom stereocenters. The molecule has 1 amide bonds. The van der Waals surface area contributed by atoms with Crippen LogP contribution >= 0.6 is 0 Å². The molecular weight excluding hydrogens is 394 g/mol. The number of morpholine rings is 1. The van der Waals surface area contributed by atoms with Crippen LogP contribution in [0.25, 0.3) is 0 Å². The van der Waals surface area contributed by atoms with Crippen LogP contribution in [0.2, 0.25) is 0 Å². The summed E-state index contributed by atoms with van der Waals surface area (Å²) in [6.45, 7) is 7.34. The monoisotopic (exact) mass is 423 g/mol. The van der Waals surface area contributed by atoms with Gasteiger partial charge in [-0.15, -0.1) is 0 Å². The van der Waals surface area contributed by atoms with Gasteiger partial charge in [-0.25, -0.2) is 0 Å². The van der Waals surface area contributed by atoms with Crippen molar-refractivity contribution in [2.75, 3.05) is 59.3 Å². The quantitative estimate of drug-likeness (QED) is 0.735. The van der Waals surface area contributed by atoms with Crippen LogP contribution < -0.4 is 9.47 Å². The van der Waals surface area contributed by atoms with Gasteiger partial charge in [0.05, 0.1) is 13.2 Å². The summed E-state index contributed by atoms with van der Waals surface area (Å²) in [5.41, 5.74) is 2.30. The molecule has 2 aromatic rings. The highest BCUT2D eigenvalue weighted by molar-refractivity contribution is 5.83. The van der Waals surface area contributed by atoms with Gasteiger partial charge in [-0.05, 0) is 23.3 Å². The van der Waals surface area contributed by atoms with Crippen molar-refractivity contribution >= 4 is 5.91 Å². The lowest BCUT2D eigenvalue weighted by molar-refractivity contribution is -0.142. The minimum atomic E-state index is -0.230. The number of amides is 1. The zero-order chi connectivity index (χ0) is 21.0. The Labute approximate surface area is 183 Å². The minimum Gasteiger partial charge on any atom is -0.454 e. The molecule has 0 aromatic heterocycles. The smallest absolute Gasteiger partial charge is 0.244 e. The van der Waals surface area contributed by atoms with E-state index in [2.05, 4.69) is 34.1 Å². The van der Waals surface area contributed by atoms with Crippen molar-refractivity contribution < 1.29 is 19.0 Å². The van der Waals surface area contributed by atoms with E-state index in [1.165, 1.54) is 5.56 Å². The van der Waals surface area contributed by atoms with E-state index in [4.69, 9.17) is 14.2 Å². The lowest BCUT2D eigenvalue weighted by atomic mass is 10.0. The molecule has 0 radical (unpaired) electrons. The van der Waals surface area contributed by atoms with Gasteiger partial charge < -0.3 is 19.1 Å². The standard InChI is InChI=1S/C24H29N3O4/c28-24(27-12-14-29-15-13-27)23(20-4-2-1-3-5-20)26-10-8-25(9-11-26)17-19-6-7-21-22(16-19)31-18-30-21/h1-7,16,23H,8-15,17-18H2/t23-/m0/s1. The summed E-state index contributed by atoms with van der Waals surface area (Å²) in [5.74, 6) is 1.84. The van der Waals surface area contributed by atoms with Gasteiger partial charge in [0.2, 0.25) is 12.7 Å². The predicted molar refractivity (Wildman–Crippen MR) is 116 cm³/mol. The summed E-state index contributed by atoms with van der Waals surface area (Å²) in [4.78, 5) is 20.2. The summed E-state index contributed by atoms with van der Waals surface area (Å²) in [7, 11) is 0. The molecule has 2 fully saturated rings.